The number of carbonyl (C=O) groups is 1. The number of hydrogen-bond acceptors (Lipinski definition) is 4. The third-order valence-corrected chi connectivity index (χ3v) is 3.64. The fraction of sp³-hybridized carbons (Fsp3) is 0.923. The number of rotatable bonds is 6. The predicted octanol–water partition coefficient (Wildman–Crippen LogP) is -0.348. The number of likely N-dealkylation sites (N-methyl/N-ethyl adjacent to an activating group) is 1. The summed E-state index contributed by atoms with van der Waals surface area (Å²) in [5.74, 6) is 0.173. The van der Waals surface area contributed by atoms with Crippen molar-refractivity contribution in [2.75, 3.05) is 33.7 Å². The van der Waals surface area contributed by atoms with Crippen LogP contribution >= 0.6 is 0 Å². The van der Waals surface area contributed by atoms with Crippen molar-refractivity contribution in [3.05, 3.63) is 0 Å². The molecule has 1 aliphatic heterocycles. The Morgan fingerprint density at radius 2 is 2.17 bits per heavy atom. The fourth-order valence-corrected chi connectivity index (χ4v) is 2.61. The van der Waals surface area contributed by atoms with Gasteiger partial charge in [-0.25, -0.2) is 0 Å². The van der Waals surface area contributed by atoms with Gasteiger partial charge < -0.3 is 20.2 Å². The molecular weight excluding hydrogens is 230 g/mol. The molecule has 5 nitrogen and oxygen atoms in total. The lowest BCUT2D eigenvalue weighted by molar-refractivity contribution is -0.132. The maximum atomic E-state index is 12.1. The summed E-state index contributed by atoms with van der Waals surface area (Å²) in [6.45, 7) is 2.10. The summed E-state index contributed by atoms with van der Waals surface area (Å²) in [5.41, 5.74) is 0. The Labute approximate surface area is 109 Å². The smallest absolute Gasteiger partial charge is 0.224 e. The summed E-state index contributed by atoms with van der Waals surface area (Å²) in [6.07, 6.45) is 3.41. The molecule has 0 aromatic rings. The van der Waals surface area contributed by atoms with Crippen molar-refractivity contribution < 1.29 is 9.90 Å². The average Bonchev–Trinajstić information content (AvgIpc) is 3.02. The Morgan fingerprint density at radius 3 is 2.78 bits per heavy atom. The number of β-amino-alcohol motifs (C(OH)–C–C–N with tert-alkyl or cyclic N) is 1. The molecule has 2 rings (SSSR count). The van der Waals surface area contributed by atoms with Gasteiger partial charge in [-0.15, -0.1) is 0 Å². The standard InChI is InChI=1S/C13H25N3O2/c1-15(2)8-11-7-12(17)9-16(11)13(18)5-6-14-10-3-4-10/h10-12,14,17H,3-9H2,1-2H3. The number of aliphatic hydroxyl groups is 1. The summed E-state index contributed by atoms with van der Waals surface area (Å²) in [7, 11) is 4.00. The van der Waals surface area contributed by atoms with Crippen LogP contribution in [0.1, 0.15) is 25.7 Å². The van der Waals surface area contributed by atoms with E-state index in [1.54, 1.807) is 0 Å². The largest absolute Gasteiger partial charge is 0.391 e. The topological polar surface area (TPSA) is 55.8 Å². The molecule has 104 valence electrons. The van der Waals surface area contributed by atoms with Crippen LogP contribution in [-0.4, -0.2) is 72.7 Å². The van der Waals surface area contributed by atoms with Gasteiger partial charge in [-0.05, 0) is 33.4 Å². The first-order valence-corrected chi connectivity index (χ1v) is 6.92. The van der Waals surface area contributed by atoms with Gasteiger partial charge in [0.15, 0.2) is 0 Å². The zero-order valence-electron chi connectivity index (χ0n) is 11.4. The Morgan fingerprint density at radius 1 is 1.44 bits per heavy atom. The van der Waals surface area contributed by atoms with Gasteiger partial charge in [0.1, 0.15) is 0 Å². The van der Waals surface area contributed by atoms with Gasteiger partial charge in [0.25, 0.3) is 0 Å². The highest BCUT2D eigenvalue weighted by atomic mass is 16.3. The minimum absolute atomic E-state index is 0.170. The van der Waals surface area contributed by atoms with Crippen molar-refractivity contribution in [1.29, 1.82) is 0 Å². The van der Waals surface area contributed by atoms with Crippen molar-refractivity contribution in [2.24, 2.45) is 0 Å². The van der Waals surface area contributed by atoms with Gasteiger partial charge in [0.2, 0.25) is 5.91 Å². The van der Waals surface area contributed by atoms with E-state index >= 15 is 0 Å². The molecule has 1 aliphatic carbocycles. The minimum atomic E-state index is -0.352. The zero-order valence-corrected chi connectivity index (χ0v) is 11.4. The second-order valence-corrected chi connectivity index (χ2v) is 5.83. The maximum Gasteiger partial charge on any atom is 0.224 e. The first-order valence-electron chi connectivity index (χ1n) is 6.92. The molecule has 2 aliphatic rings. The second-order valence-electron chi connectivity index (χ2n) is 5.83. The Hall–Kier alpha value is -0.650. The number of carbonyl (C=O) groups excluding carboxylic acids is 1. The quantitative estimate of drug-likeness (QED) is 0.681. The third kappa shape index (κ3) is 3.93. The van der Waals surface area contributed by atoms with Crippen molar-refractivity contribution >= 4 is 5.91 Å². The highest BCUT2D eigenvalue weighted by molar-refractivity contribution is 5.77. The molecule has 2 N–H and O–H groups in total. The molecule has 0 bridgehead atoms. The van der Waals surface area contributed by atoms with Crippen LogP contribution in [-0.2, 0) is 4.79 Å². The van der Waals surface area contributed by atoms with E-state index in [4.69, 9.17) is 0 Å². The zero-order chi connectivity index (χ0) is 13.1. The van der Waals surface area contributed by atoms with Crippen LogP contribution in [0.5, 0.6) is 0 Å². The van der Waals surface area contributed by atoms with Crippen LogP contribution in [0.2, 0.25) is 0 Å². The number of likely N-dealkylation sites (tertiary alicyclic amines) is 1. The number of amides is 1. The highest BCUT2D eigenvalue weighted by Crippen LogP contribution is 2.20. The van der Waals surface area contributed by atoms with E-state index in [2.05, 4.69) is 10.2 Å². The van der Waals surface area contributed by atoms with E-state index < -0.39 is 0 Å². The van der Waals surface area contributed by atoms with Crippen LogP contribution in [0.3, 0.4) is 0 Å². The summed E-state index contributed by atoms with van der Waals surface area (Å²) >= 11 is 0. The van der Waals surface area contributed by atoms with Crippen molar-refractivity contribution in [2.45, 2.75) is 43.9 Å². The maximum absolute atomic E-state index is 12.1. The Kier molecular flexibility index (Phi) is 4.59. The lowest BCUT2D eigenvalue weighted by atomic mass is 10.2. The monoisotopic (exact) mass is 255 g/mol. The summed E-state index contributed by atoms with van der Waals surface area (Å²) in [5, 5.41) is 13.1. The van der Waals surface area contributed by atoms with Gasteiger partial charge in [-0.3, -0.25) is 4.79 Å². The molecule has 1 saturated heterocycles. The molecule has 2 atom stereocenters. The molecular formula is C13H25N3O2. The fourth-order valence-electron chi connectivity index (χ4n) is 2.61. The number of hydrogen-bond donors (Lipinski definition) is 2. The average molecular weight is 255 g/mol. The number of aliphatic hydroxyl groups excluding tert-OH is 1. The van der Waals surface area contributed by atoms with Gasteiger partial charge >= 0.3 is 0 Å². The second kappa shape index (κ2) is 5.99. The highest BCUT2D eigenvalue weighted by Gasteiger charge is 2.34. The molecule has 1 amide bonds. The van der Waals surface area contributed by atoms with Crippen LogP contribution in [0.4, 0.5) is 0 Å². The van der Waals surface area contributed by atoms with Crippen LogP contribution in [0.25, 0.3) is 0 Å². The van der Waals surface area contributed by atoms with Gasteiger partial charge in [-0.1, -0.05) is 0 Å². The van der Waals surface area contributed by atoms with E-state index in [0.29, 0.717) is 25.4 Å². The van der Waals surface area contributed by atoms with E-state index in [1.165, 1.54) is 12.8 Å². The van der Waals surface area contributed by atoms with E-state index in [1.807, 2.05) is 19.0 Å². The summed E-state index contributed by atoms with van der Waals surface area (Å²) in [6, 6.07) is 0.822. The summed E-state index contributed by atoms with van der Waals surface area (Å²) in [4.78, 5) is 16.1. The molecule has 2 fully saturated rings. The van der Waals surface area contributed by atoms with Crippen LogP contribution in [0.15, 0.2) is 0 Å². The van der Waals surface area contributed by atoms with Crippen molar-refractivity contribution in [3.8, 4) is 0 Å². The van der Waals surface area contributed by atoms with Gasteiger partial charge in [0, 0.05) is 38.1 Å². The van der Waals surface area contributed by atoms with E-state index in [-0.39, 0.29) is 18.1 Å². The first kappa shape index (κ1) is 13.8. The first-order chi connectivity index (χ1) is 8.56. The minimum Gasteiger partial charge on any atom is -0.391 e. The lowest BCUT2D eigenvalue weighted by Gasteiger charge is -2.27. The molecule has 0 spiro atoms. The molecule has 0 aromatic heterocycles. The SMILES string of the molecule is CN(C)CC1CC(O)CN1C(=O)CCNC1CC1. The van der Waals surface area contributed by atoms with Gasteiger partial charge in [-0.2, -0.15) is 0 Å². The normalized spacial score (nSPS) is 28.1. The Bertz CT molecular complexity index is 292. The molecule has 18 heavy (non-hydrogen) atoms. The third-order valence-electron chi connectivity index (χ3n) is 3.64. The van der Waals surface area contributed by atoms with E-state index in [0.717, 1.165) is 13.1 Å². The Balaban J connectivity index is 1.77. The molecule has 0 aromatic carbocycles. The van der Waals surface area contributed by atoms with Crippen molar-refractivity contribution in [1.82, 2.24) is 15.1 Å². The molecule has 2 unspecified atom stereocenters. The van der Waals surface area contributed by atoms with Gasteiger partial charge in [0.05, 0.1) is 6.10 Å². The van der Waals surface area contributed by atoms with Crippen molar-refractivity contribution in [3.63, 3.8) is 0 Å². The molecule has 1 saturated carbocycles. The molecule has 5 heteroatoms. The van der Waals surface area contributed by atoms with E-state index in [9.17, 15) is 9.90 Å². The number of nitrogens with zero attached hydrogens (tertiary/aromatic N) is 2. The predicted molar refractivity (Wildman–Crippen MR) is 70.3 cm³/mol. The lowest BCUT2D eigenvalue weighted by Crippen LogP contribution is -2.42. The van der Waals surface area contributed by atoms with Crippen LogP contribution in [0, 0.1) is 0 Å². The summed E-state index contributed by atoms with van der Waals surface area (Å²) < 4.78 is 0. The molecule has 0 radical (unpaired) electrons. The number of nitrogens with one attached hydrogen (secondary N) is 1. The molecule has 1 heterocycles. The van der Waals surface area contributed by atoms with Crippen LogP contribution < -0.4 is 5.32 Å².